The van der Waals surface area contributed by atoms with Crippen LogP contribution < -0.4 is 4.74 Å². The molecule has 0 aliphatic carbocycles. The Morgan fingerprint density at radius 2 is 2.09 bits per heavy atom. The van der Waals surface area contributed by atoms with E-state index in [1.165, 1.54) is 22.5 Å². The molecular weight excluding hydrogens is 428 g/mol. The Morgan fingerprint density at radius 1 is 1.28 bits per heavy atom. The van der Waals surface area contributed by atoms with Gasteiger partial charge in [-0.3, -0.25) is 9.59 Å². The lowest BCUT2D eigenvalue weighted by atomic mass is 9.95. The van der Waals surface area contributed by atoms with E-state index < -0.39 is 23.5 Å². The second-order valence-corrected chi connectivity index (χ2v) is 8.78. The van der Waals surface area contributed by atoms with E-state index in [-0.39, 0.29) is 12.1 Å². The molecule has 0 bridgehead atoms. The van der Waals surface area contributed by atoms with Crippen molar-refractivity contribution in [3.8, 4) is 5.75 Å². The van der Waals surface area contributed by atoms with Crippen molar-refractivity contribution < 1.29 is 23.8 Å². The number of Topliss-reactive ketones (excluding diaryl/α,β-unsaturated/α-hetero) is 1. The van der Waals surface area contributed by atoms with Gasteiger partial charge in [0.05, 0.1) is 46.6 Å². The van der Waals surface area contributed by atoms with Gasteiger partial charge in [0, 0.05) is 0 Å². The molecule has 2 aromatic heterocycles. The van der Waals surface area contributed by atoms with E-state index in [1.54, 1.807) is 25.1 Å². The average Bonchev–Trinajstić information content (AvgIpc) is 3.47. The Morgan fingerprint density at radius 3 is 2.75 bits per heavy atom. The first-order chi connectivity index (χ1) is 15.4. The van der Waals surface area contributed by atoms with Crippen LogP contribution >= 0.6 is 11.3 Å². The minimum atomic E-state index is -0.785. The molecule has 1 aliphatic rings. The van der Waals surface area contributed by atoms with Crippen molar-refractivity contribution in [2.75, 3.05) is 6.61 Å². The van der Waals surface area contributed by atoms with Gasteiger partial charge < -0.3 is 19.2 Å². The fourth-order valence-electron chi connectivity index (χ4n) is 3.82. The van der Waals surface area contributed by atoms with Gasteiger partial charge >= 0.3 is 0 Å². The van der Waals surface area contributed by atoms with E-state index in [9.17, 15) is 14.7 Å². The van der Waals surface area contributed by atoms with Crippen LogP contribution in [0.5, 0.6) is 5.75 Å². The largest absolute Gasteiger partial charge is 0.503 e. The van der Waals surface area contributed by atoms with Crippen LogP contribution in [0.3, 0.4) is 0 Å². The van der Waals surface area contributed by atoms with E-state index in [2.05, 4.69) is 4.98 Å². The maximum atomic E-state index is 13.5. The summed E-state index contributed by atoms with van der Waals surface area (Å²) in [5.74, 6) is -0.373. The smallest absolute Gasteiger partial charge is 0.290 e. The maximum absolute atomic E-state index is 13.5. The number of thiazole rings is 1. The van der Waals surface area contributed by atoms with Crippen LogP contribution in [0, 0.1) is 13.8 Å². The number of carbonyl (C=O) groups excluding carboxylic acids is 2. The number of benzene rings is 1. The molecular formula is C24H24N2O5S. The number of ether oxygens (including phenoxy) is 1. The Balaban J connectivity index is 1.80. The molecule has 1 atom stereocenters. The second kappa shape index (κ2) is 9.00. The third-order valence-corrected chi connectivity index (χ3v) is 6.28. The number of nitrogens with zero attached hydrogens (tertiary/aromatic N) is 2. The SMILES string of the molecule is CCCOc1cccc(C2C(C(=O)c3sc(C)nc3C)=C(O)C(=O)N2Cc2ccco2)c1. The van der Waals surface area contributed by atoms with Crippen molar-refractivity contribution in [2.24, 2.45) is 0 Å². The zero-order valence-electron chi connectivity index (χ0n) is 18.1. The molecule has 1 unspecified atom stereocenters. The summed E-state index contributed by atoms with van der Waals surface area (Å²) in [5.41, 5.74) is 1.29. The zero-order valence-corrected chi connectivity index (χ0v) is 18.9. The first-order valence-corrected chi connectivity index (χ1v) is 11.2. The summed E-state index contributed by atoms with van der Waals surface area (Å²) in [7, 11) is 0. The predicted octanol–water partition coefficient (Wildman–Crippen LogP) is 4.92. The van der Waals surface area contributed by atoms with Gasteiger partial charge in [0.15, 0.2) is 5.76 Å². The van der Waals surface area contributed by atoms with E-state index in [1.807, 2.05) is 32.0 Å². The number of hydrogen-bond donors (Lipinski definition) is 1. The molecule has 1 aromatic carbocycles. The Labute approximate surface area is 190 Å². The summed E-state index contributed by atoms with van der Waals surface area (Å²) in [5, 5.41) is 11.6. The molecule has 4 rings (SSSR count). The Bertz CT molecular complexity index is 1180. The van der Waals surface area contributed by atoms with Gasteiger partial charge in [0.1, 0.15) is 11.5 Å². The topological polar surface area (TPSA) is 92.9 Å². The van der Waals surface area contributed by atoms with E-state index in [0.29, 0.717) is 34.3 Å². The van der Waals surface area contributed by atoms with Crippen molar-refractivity contribution in [2.45, 2.75) is 39.8 Å². The van der Waals surface area contributed by atoms with Crippen LogP contribution in [0.4, 0.5) is 0 Å². The Hall–Kier alpha value is -3.39. The molecule has 0 spiro atoms. The number of carbonyl (C=O) groups is 2. The zero-order chi connectivity index (χ0) is 22.8. The molecule has 1 N–H and O–H groups in total. The number of aliphatic hydroxyl groups excluding tert-OH is 1. The summed E-state index contributed by atoms with van der Waals surface area (Å²) in [6, 6.07) is 9.96. The average molecular weight is 453 g/mol. The van der Waals surface area contributed by atoms with Crippen LogP contribution in [0.25, 0.3) is 0 Å². The van der Waals surface area contributed by atoms with Gasteiger partial charge in [-0.1, -0.05) is 19.1 Å². The van der Waals surface area contributed by atoms with E-state index >= 15 is 0 Å². The minimum absolute atomic E-state index is 0.0425. The van der Waals surface area contributed by atoms with E-state index in [0.717, 1.165) is 11.4 Å². The molecule has 8 heteroatoms. The minimum Gasteiger partial charge on any atom is -0.503 e. The fraction of sp³-hybridized carbons (Fsp3) is 0.292. The molecule has 3 heterocycles. The molecule has 3 aromatic rings. The predicted molar refractivity (Wildman–Crippen MR) is 120 cm³/mol. The summed E-state index contributed by atoms with van der Waals surface area (Å²) in [6.45, 7) is 6.24. The Kier molecular flexibility index (Phi) is 6.14. The molecule has 0 saturated heterocycles. The molecule has 1 aliphatic heterocycles. The summed E-state index contributed by atoms with van der Waals surface area (Å²) in [4.78, 5) is 32.8. The summed E-state index contributed by atoms with van der Waals surface area (Å²) < 4.78 is 11.2. The fourth-order valence-corrected chi connectivity index (χ4v) is 4.70. The number of rotatable bonds is 8. The maximum Gasteiger partial charge on any atom is 0.290 e. The first-order valence-electron chi connectivity index (χ1n) is 10.4. The molecule has 7 nitrogen and oxygen atoms in total. The normalized spacial score (nSPS) is 16.2. The van der Waals surface area contributed by atoms with Gasteiger partial charge in [-0.05, 0) is 50.1 Å². The third-order valence-electron chi connectivity index (χ3n) is 5.21. The number of amides is 1. The second-order valence-electron chi connectivity index (χ2n) is 7.57. The van der Waals surface area contributed by atoms with E-state index in [4.69, 9.17) is 9.15 Å². The number of furan rings is 1. The van der Waals surface area contributed by atoms with Crippen molar-refractivity contribution in [1.82, 2.24) is 9.88 Å². The molecule has 0 saturated carbocycles. The number of hydrogen-bond acceptors (Lipinski definition) is 7. The third kappa shape index (κ3) is 4.05. The molecule has 32 heavy (non-hydrogen) atoms. The van der Waals surface area contributed by atoms with Crippen molar-refractivity contribution >= 4 is 23.0 Å². The molecule has 0 fully saturated rings. The number of aryl methyl sites for hydroxylation is 2. The van der Waals surface area contributed by atoms with Gasteiger partial charge in [-0.25, -0.2) is 4.98 Å². The van der Waals surface area contributed by atoms with Crippen LogP contribution in [-0.2, 0) is 11.3 Å². The highest BCUT2D eigenvalue weighted by Gasteiger charge is 2.44. The lowest BCUT2D eigenvalue weighted by molar-refractivity contribution is -0.130. The van der Waals surface area contributed by atoms with Crippen LogP contribution in [0.1, 0.15) is 51.1 Å². The van der Waals surface area contributed by atoms with Crippen molar-refractivity contribution in [3.05, 3.63) is 80.9 Å². The van der Waals surface area contributed by atoms with Crippen molar-refractivity contribution in [3.63, 3.8) is 0 Å². The van der Waals surface area contributed by atoms with Gasteiger partial charge in [-0.15, -0.1) is 11.3 Å². The quantitative estimate of drug-likeness (QED) is 0.488. The highest BCUT2D eigenvalue weighted by atomic mass is 32.1. The number of aromatic nitrogens is 1. The number of aliphatic hydroxyl groups is 1. The first kappa shape index (κ1) is 21.8. The van der Waals surface area contributed by atoms with Gasteiger partial charge in [-0.2, -0.15) is 0 Å². The van der Waals surface area contributed by atoms with Gasteiger partial charge in [0.25, 0.3) is 5.91 Å². The van der Waals surface area contributed by atoms with Crippen molar-refractivity contribution in [1.29, 1.82) is 0 Å². The summed E-state index contributed by atoms with van der Waals surface area (Å²) >= 11 is 1.25. The monoisotopic (exact) mass is 452 g/mol. The summed E-state index contributed by atoms with van der Waals surface area (Å²) in [6.07, 6.45) is 2.37. The lowest BCUT2D eigenvalue weighted by Crippen LogP contribution is -2.30. The number of ketones is 1. The molecule has 166 valence electrons. The van der Waals surface area contributed by atoms with Crippen LogP contribution in [0.2, 0.25) is 0 Å². The van der Waals surface area contributed by atoms with Crippen LogP contribution in [-0.4, -0.2) is 33.3 Å². The highest BCUT2D eigenvalue weighted by molar-refractivity contribution is 7.14. The molecule has 0 radical (unpaired) electrons. The lowest BCUT2D eigenvalue weighted by Gasteiger charge is -2.26. The molecule has 1 amide bonds. The van der Waals surface area contributed by atoms with Gasteiger partial charge in [0.2, 0.25) is 5.78 Å². The highest BCUT2D eigenvalue weighted by Crippen LogP contribution is 2.41. The standard InChI is InChI=1S/C24H24N2O5S/c1-4-10-30-17-8-5-7-16(12-17)20-19(21(27)23-14(2)25-15(3)32-23)22(28)24(29)26(20)13-18-9-6-11-31-18/h5-9,11-12,20,28H,4,10,13H2,1-3H3. The van der Waals surface area contributed by atoms with Crippen LogP contribution in [0.15, 0.2) is 58.4 Å².